The molecule has 0 amide bonds. The maximum Gasteiger partial charge on any atom is 0.150 e. The summed E-state index contributed by atoms with van der Waals surface area (Å²) in [5.41, 5.74) is 0. The summed E-state index contributed by atoms with van der Waals surface area (Å²) in [6.07, 6.45) is 0. The molecule has 0 fully saturated rings. The van der Waals surface area contributed by atoms with Crippen LogP contribution < -0.4 is 0 Å². The minimum Gasteiger partial charge on any atom is -0.165 e. The number of fused-ring (bicyclic) bond motifs is 1. The van der Waals surface area contributed by atoms with Gasteiger partial charge in [0.25, 0.3) is 0 Å². The monoisotopic (exact) mass is 326 g/mol. The standard InChI is InChI=1S/C6H2N2S7/c9-3-4(10)14-6(13-3)5-11-1-2(12-5)8-15-7-1/h9-10H. The van der Waals surface area contributed by atoms with Gasteiger partial charge in [0.05, 0.1) is 28.7 Å². The van der Waals surface area contributed by atoms with E-state index in [1.807, 2.05) is 0 Å². The van der Waals surface area contributed by atoms with Gasteiger partial charge in [-0.25, -0.2) is 0 Å². The van der Waals surface area contributed by atoms with E-state index in [2.05, 4.69) is 34.0 Å². The molecule has 0 bridgehead atoms. The van der Waals surface area contributed by atoms with Crippen LogP contribution in [0.3, 0.4) is 0 Å². The first-order valence-electron chi connectivity index (χ1n) is 3.64. The third-order valence-corrected chi connectivity index (χ3v) is 8.86. The average Bonchev–Trinajstić information content (AvgIpc) is 2.80. The Morgan fingerprint density at radius 3 is 1.73 bits per heavy atom. The second kappa shape index (κ2) is 4.43. The highest BCUT2D eigenvalue weighted by Gasteiger charge is 2.28. The van der Waals surface area contributed by atoms with Gasteiger partial charge in [-0.2, -0.15) is 8.75 Å². The SMILES string of the molecule is SC1=C(S)SC(=C2Sc3nsnc3S2)S1. The van der Waals surface area contributed by atoms with E-state index in [0.29, 0.717) is 0 Å². The van der Waals surface area contributed by atoms with Crippen molar-refractivity contribution in [2.24, 2.45) is 0 Å². The maximum absolute atomic E-state index is 4.35. The molecule has 2 aliphatic heterocycles. The van der Waals surface area contributed by atoms with Crippen LogP contribution in [0.25, 0.3) is 0 Å². The Bertz CT molecular complexity index is 449. The molecule has 2 nitrogen and oxygen atoms in total. The topological polar surface area (TPSA) is 25.8 Å². The lowest BCUT2D eigenvalue weighted by molar-refractivity contribution is 1.10. The number of thiol groups is 2. The molecular weight excluding hydrogens is 325 g/mol. The van der Waals surface area contributed by atoms with E-state index >= 15 is 0 Å². The quantitative estimate of drug-likeness (QED) is 0.689. The summed E-state index contributed by atoms with van der Waals surface area (Å²) in [5.74, 6) is 0. The fourth-order valence-corrected chi connectivity index (χ4v) is 7.40. The zero-order valence-corrected chi connectivity index (χ0v) is 12.7. The first-order valence-corrected chi connectivity index (χ1v) is 8.53. The molecule has 1 aromatic rings. The van der Waals surface area contributed by atoms with Crippen LogP contribution in [0.1, 0.15) is 0 Å². The zero-order chi connectivity index (χ0) is 10.4. The molecule has 0 atom stereocenters. The van der Waals surface area contributed by atoms with Crippen molar-refractivity contribution in [3.05, 3.63) is 16.9 Å². The van der Waals surface area contributed by atoms with Gasteiger partial charge in [0.15, 0.2) is 0 Å². The van der Waals surface area contributed by atoms with Gasteiger partial charge < -0.3 is 0 Å². The molecule has 2 aliphatic rings. The number of nitrogens with zero attached hydrogens (tertiary/aromatic N) is 2. The molecule has 15 heavy (non-hydrogen) atoms. The van der Waals surface area contributed by atoms with Crippen molar-refractivity contribution in [3.8, 4) is 0 Å². The van der Waals surface area contributed by atoms with E-state index in [-0.39, 0.29) is 0 Å². The van der Waals surface area contributed by atoms with E-state index in [1.54, 1.807) is 47.0 Å². The predicted molar refractivity (Wildman–Crippen MR) is 78.8 cm³/mol. The summed E-state index contributed by atoms with van der Waals surface area (Å²) in [4.78, 5) is 0. The van der Waals surface area contributed by atoms with Crippen LogP contribution >= 0.6 is 84.0 Å². The molecule has 0 saturated heterocycles. The molecular formula is C6H2N2S7. The summed E-state index contributed by atoms with van der Waals surface area (Å²) in [6.45, 7) is 0. The predicted octanol–water partition coefficient (Wildman–Crippen LogP) is 4.33. The number of hydrogen-bond acceptors (Lipinski definition) is 9. The number of aromatic nitrogens is 2. The summed E-state index contributed by atoms with van der Waals surface area (Å²) in [7, 11) is 0. The molecule has 0 radical (unpaired) electrons. The maximum atomic E-state index is 4.35. The third-order valence-electron chi connectivity index (χ3n) is 1.54. The minimum atomic E-state index is 0.974. The van der Waals surface area contributed by atoms with Gasteiger partial charge in [-0.15, -0.1) is 25.3 Å². The number of thioether (sulfide) groups is 4. The molecule has 0 saturated carbocycles. The van der Waals surface area contributed by atoms with Gasteiger partial charge in [0.1, 0.15) is 10.1 Å². The summed E-state index contributed by atoms with van der Waals surface area (Å²) >= 11 is 16.7. The normalized spacial score (nSPS) is 20.4. The number of rotatable bonds is 0. The molecule has 0 aromatic carbocycles. The van der Waals surface area contributed by atoms with E-state index < -0.39 is 0 Å². The van der Waals surface area contributed by atoms with E-state index in [0.717, 1.165) is 18.5 Å². The van der Waals surface area contributed by atoms with Crippen LogP contribution in [-0.2, 0) is 0 Å². The minimum absolute atomic E-state index is 0.974. The lowest BCUT2D eigenvalue weighted by atomic mass is 10.9. The second-order valence-corrected chi connectivity index (χ2v) is 9.05. The van der Waals surface area contributed by atoms with Crippen molar-refractivity contribution in [1.82, 2.24) is 8.75 Å². The van der Waals surface area contributed by atoms with Gasteiger partial charge in [0.2, 0.25) is 0 Å². The van der Waals surface area contributed by atoms with Crippen molar-refractivity contribution in [1.29, 1.82) is 0 Å². The van der Waals surface area contributed by atoms with Crippen LogP contribution in [0.5, 0.6) is 0 Å². The highest BCUT2D eigenvalue weighted by atomic mass is 32.2. The van der Waals surface area contributed by atoms with E-state index in [9.17, 15) is 0 Å². The van der Waals surface area contributed by atoms with E-state index in [1.165, 1.54) is 20.2 Å². The van der Waals surface area contributed by atoms with Gasteiger partial charge >= 0.3 is 0 Å². The molecule has 3 rings (SSSR count). The highest BCUT2D eigenvalue weighted by molar-refractivity contribution is 8.39. The lowest BCUT2D eigenvalue weighted by Gasteiger charge is -1.98. The first kappa shape index (κ1) is 11.2. The first-order chi connectivity index (χ1) is 7.24. The van der Waals surface area contributed by atoms with Gasteiger partial charge in [0, 0.05) is 0 Å². The van der Waals surface area contributed by atoms with Gasteiger partial charge in [-0.1, -0.05) is 47.0 Å². The van der Waals surface area contributed by atoms with Gasteiger partial charge in [-0.3, -0.25) is 0 Å². The van der Waals surface area contributed by atoms with E-state index in [4.69, 9.17) is 0 Å². The lowest BCUT2D eigenvalue weighted by Crippen LogP contribution is -1.66. The zero-order valence-electron chi connectivity index (χ0n) is 6.83. The van der Waals surface area contributed by atoms with Crippen LogP contribution in [0.2, 0.25) is 0 Å². The number of hydrogen-bond donors (Lipinski definition) is 2. The molecule has 0 spiro atoms. The summed E-state index contributed by atoms with van der Waals surface area (Å²) < 4.78 is 12.9. The van der Waals surface area contributed by atoms with Crippen LogP contribution in [0.15, 0.2) is 27.0 Å². The smallest absolute Gasteiger partial charge is 0.150 e. The third kappa shape index (κ3) is 2.12. The molecule has 78 valence electrons. The fourth-order valence-electron chi connectivity index (χ4n) is 0.944. The molecule has 1 aromatic heterocycles. The molecule has 9 heteroatoms. The largest absolute Gasteiger partial charge is 0.165 e. The summed E-state index contributed by atoms with van der Waals surface area (Å²) in [5, 5.41) is 2.06. The van der Waals surface area contributed by atoms with Crippen LogP contribution in [-0.4, -0.2) is 8.75 Å². The van der Waals surface area contributed by atoms with Crippen molar-refractivity contribution >= 4 is 84.0 Å². The Morgan fingerprint density at radius 1 is 0.733 bits per heavy atom. The Balaban J connectivity index is 1.88. The Kier molecular flexibility index (Phi) is 3.32. The molecule has 0 unspecified atom stereocenters. The van der Waals surface area contributed by atoms with Gasteiger partial charge in [-0.05, 0) is 0 Å². The average molecular weight is 327 g/mol. The Morgan fingerprint density at radius 2 is 1.20 bits per heavy atom. The summed E-state index contributed by atoms with van der Waals surface area (Å²) in [6, 6.07) is 0. The van der Waals surface area contributed by atoms with Crippen molar-refractivity contribution in [2.75, 3.05) is 0 Å². The Hall–Kier alpha value is 1.14. The molecule has 0 N–H and O–H groups in total. The second-order valence-electron chi connectivity index (χ2n) is 2.47. The van der Waals surface area contributed by atoms with Crippen LogP contribution in [0.4, 0.5) is 0 Å². The van der Waals surface area contributed by atoms with Crippen molar-refractivity contribution < 1.29 is 0 Å². The molecule has 0 aliphatic carbocycles. The highest BCUT2D eigenvalue weighted by Crippen LogP contribution is 2.61. The van der Waals surface area contributed by atoms with Crippen LogP contribution in [0, 0.1) is 0 Å². The molecule has 3 heterocycles. The Labute approximate surface area is 119 Å². The fraction of sp³-hybridized carbons (Fsp3) is 0. The van der Waals surface area contributed by atoms with Crippen molar-refractivity contribution in [3.63, 3.8) is 0 Å². The van der Waals surface area contributed by atoms with Crippen molar-refractivity contribution in [2.45, 2.75) is 10.1 Å².